The van der Waals surface area contributed by atoms with Crippen molar-refractivity contribution in [2.24, 2.45) is 24.0 Å². The number of hydrogen-bond acceptors (Lipinski definition) is 7. The average molecular weight is 505 g/mol. The summed E-state index contributed by atoms with van der Waals surface area (Å²) in [6.45, 7) is 0.664. The maximum atomic E-state index is 13.0. The molecule has 2 aliphatic rings. The van der Waals surface area contributed by atoms with E-state index in [2.05, 4.69) is 21.2 Å². The molecule has 5 rings (SSSR count). The number of aryl methyl sites for hydroxylation is 1. The van der Waals surface area contributed by atoms with Crippen LogP contribution in [0.25, 0.3) is 11.0 Å². The number of pyridine rings is 3. The van der Waals surface area contributed by atoms with E-state index >= 15 is 0 Å². The fraction of sp³-hybridized carbons (Fsp3) is 0.444. The van der Waals surface area contributed by atoms with Crippen molar-refractivity contribution in [1.29, 1.82) is 5.26 Å². The van der Waals surface area contributed by atoms with Crippen LogP contribution in [-0.2, 0) is 11.9 Å². The fourth-order valence-electron chi connectivity index (χ4n) is 5.07. The second-order valence-electron chi connectivity index (χ2n) is 9.75. The van der Waals surface area contributed by atoms with Crippen LogP contribution in [-0.4, -0.2) is 39.9 Å². The van der Waals surface area contributed by atoms with Crippen molar-refractivity contribution in [3.05, 3.63) is 63.3 Å². The number of oxime groups is 1. The van der Waals surface area contributed by atoms with E-state index < -0.39 is 0 Å². The monoisotopic (exact) mass is 504 g/mol. The highest BCUT2D eigenvalue weighted by Gasteiger charge is 2.31. The molecule has 3 aromatic heterocycles. The van der Waals surface area contributed by atoms with Crippen LogP contribution in [0.3, 0.4) is 0 Å². The maximum Gasteiger partial charge on any atom is 0.270 e. The molecule has 0 spiro atoms. The Morgan fingerprint density at radius 2 is 2.00 bits per heavy atom. The lowest BCUT2D eigenvalue weighted by Gasteiger charge is -2.36. The van der Waals surface area contributed by atoms with Gasteiger partial charge in [-0.15, -0.1) is 0 Å². The number of nitriles is 1. The molecule has 2 fully saturated rings. The number of rotatable bonds is 7. The van der Waals surface area contributed by atoms with Crippen LogP contribution in [0.2, 0.25) is 5.15 Å². The summed E-state index contributed by atoms with van der Waals surface area (Å²) in [4.78, 5) is 29.8. The molecule has 0 aliphatic heterocycles. The summed E-state index contributed by atoms with van der Waals surface area (Å²) in [5.41, 5.74) is 3.28. The molecule has 36 heavy (non-hydrogen) atoms. The van der Waals surface area contributed by atoms with Crippen LogP contribution < -0.4 is 10.5 Å². The lowest BCUT2D eigenvalue weighted by Crippen LogP contribution is -2.39. The zero-order valence-corrected chi connectivity index (χ0v) is 21.3. The molecule has 3 heterocycles. The van der Waals surface area contributed by atoms with E-state index in [9.17, 15) is 10.1 Å². The van der Waals surface area contributed by atoms with Gasteiger partial charge in [-0.1, -0.05) is 22.8 Å². The van der Waals surface area contributed by atoms with Gasteiger partial charge in [-0.05, 0) is 68.7 Å². The van der Waals surface area contributed by atoms with E-state index in [0.29, 0.717) is 34.4 Å². The Hall–Kier alpha value is -3.44. The van der Waals surface area contributed by atoms with Gasteiger partial charge in [0, 0.05) is 32.3 Å². The molecule has 0 atom stereocenters. The van der Waals surface area contributed by atoms with Gasteiger partial charge in [0.25, 0.3) is 5.56 Å². The number of anilines is 1. The highest BCUT2D eigenvalue weighted by molar-refractivity contribution is 6.29. The van der Waals surface area contributed by atoms with Crippen molar-refractivity contribution in [3.8, 4) is 6.07 Å². The summed E-state index contributed by atoms with van der Waals surface area (Å²) in [5, 5.41) is 14.8. The second kappa shape index (κ2) is 10.3. The number of aromatic nitrogens is 3. The van der Waals surface area contributed by atoms with Crippen molar-refractivity contribution in [2.75, 3.05) is 18.6 Å². The molecule has 0 aromatic carbocycles. The molecular weight excluding hydrogens is 476 g/mol. The van der Waals surface area contributed by atoms with Gasteiger partial charge in [0.15, 0.2) is 0 Å². The second-order valence-corrected chi connectivity index (χ2v) is 10.1. The van der Waals surface area contributed by atoms with Crippen LogP contribution in [0.5, 0.6) is 0 Å². The van der Waals surface area contributed by atoms with Gasteiger partial charge < -0.3 is 14.3 Å². The van der Waals surface area contributed by atoms with Gasteiger partial charge in [-0.2, -0.15) is 5.26 Å². The Labute approximate surface area is 215 Å². The lowest BCUT2D eigenvalue weighted by molar-refractivity contribution is 0.131. The molecule has 8 nitrogen and oxygen atoms in total. The maximum absolute atomic E-state index is 13.0. The van der Waals surface area contributed by atoms with Gasteiger partial charge in [0.05, 0.1) is 16.9 Å². The van der Waals surface area contributed by atoms with E-state index in [1.54, 1.807) is 25.4 Å². The molecule has 186 valence electrons. The average Bonchev–Trinajstić information content (AvgIpc) is 3.73. The summed E-state index contributed by atoms with van der Waals surface area (Å²) in [7, 11) is 3.59. The topological polar surface area (TPSA) is 96.4 Å². The van der Waals surface area contributed by atoms with Gasteiger partial charge in [0.2, 0.25) is 0 Å². The first kappa shape index (κ1) is 24.3. The van der Waals surface area contributed by atoms with Crippen LogP contribution in [0.4, 0.5) is 5.69 Å². The van der Waals surface area contributed by atoms with Crippen molar-refractivity contribution < 1.29 is 4.84 Å². The summed E-state index contributed by atoms with van der Waals surface area (Å²) < 4.78 is 1.46. The lowest BCUT2D eigenvalue weighted by atomic mass is 9.81. The Balaban J connectivity index is 1.40. The largest absolute Gasteiger partial charge is 0.395 e. The SMILES string of the molecule is CN(c1c(C#N)c(=O)n(C)c2ccc(Cl)nc12)C1CCC(/C(=N/OCC2CC2)c2ccccn2)CC1. The van der Waals surface area contributed by atoms with Crippen molar-refractivity contribution in [3.63, 3.8) is 0 Å². The predicted octanol–water partition coefficient (Wildman–Crippen LogP) is 4.68. The quantitative estimate of drug-likeness (QED) is 0.263. The van der Waals surface area contributed by atoms with E-state index in [1.807, 2.05) is 30.1 Å². The molecule has 2 aliphatic carbocycles. The van der Waals surface area contributed by atoms with Crippen LogP contribution in [0, 0.1) is 23.2 Å². The molecule has 2 saturated carbocycles. The third-order valence-corrected chi connectivity index (χ3v) is 7.58. The zero-order valence-electron chi connectivity index (χ0n) is 20.5. The molecule has 0 bridgehead atoms. The third kappa shape index (κ3) is 4.80. The minimum absolute atomic E-state index is 0.0913. The van der Waals surface area contributed by atoms with Gasteiger partial charge in [0.1, 0.15) is 34.6 Å². The summed E-state index contributed by atoms with van der Waals surface area (Å²) in [5.74, 6) is 0.861. The van der Waals surface area contributed by atoms with Crippen LogP contribution in [0.15, 0.2) is 46.5 Å². The van der Waals surface area contributed by atoms with E-state index in [1.165, 1.54) is 17.4 Å². The first-order valence-corrected chi connectivity index (χ1v) is 12.8. The first-order chi connectivity index (χ1) is 17.5. The minimum Gasteiger partial charge on any atom is -0.395 e. The summed E-state index contributed by atoms with van der Waals surface area (Å²) in [6.07, 6.45) is 7.76. The molecule has 9 heteroatoms. The molecule has 3 aromatic rings. The molecular formula is C27H29ClN6O2. The van der Waals surface area contributed by atoms with Crippen LogP contribution >= 0.6 is 11.6 Å². The van der Waals surface area contributed by atoms with E-state index in [4.69, 9.17) is 16.4 Å². The van der Waals surface area contributed by atoms with Crippen molar-refractivity contribution in [2.45, 2.75) is 44.6 Å². The Kier molecular flexibility index (Phi) is 6.92. The fourth-order valence-corrected chi connectivity index (χ4v) is 5.22. The number of hydrogen-bond donors (Lipinski definition) is 0. The van der Waals surface area contributed by atoms with Gasteiger partial charge in [-0.3, -0.25) is 9.78 Å². The molecule has 0 radical (unpaired) electrons. The number of nitrogens with zero attached hydrogens (tertiary/aromatic N) is 6. The first-order valence-electron chi connectivity index (χ1n) is 12.4. The van der Waals surface area contributed by atoms with E-state index in [-0.39, 0.29) is 23.1 Å². The Morgan fingerprint density at radius 3 is 2.67 bits per heavy atom. The summed E-state index contributed by atoms with van der Waals surface area (Å²) in [6, 6.07) is 11.6. The van der Waals surface area contributed by atoms with Gasteiger partial charge in [-0.25, -0.2) is 4.98 Å². The molecule has 0 N–H and O–H groups in total. The molecule has 0 unspecified atom stereocenters. The van der Waals surface area contributed by atoms with E-state index in [0.717, 1.165) is 37.1 Å². The number of halogens is 1. The highest BCUT2D eigenvalue weighted by Crippen LogP contribution is 2.35. The van der Waals surface area contributed by atoms with Crippen LogP contribution in [0.1, 0.15) is 49.8 Å². The normalized spacial score (nSPS) is 20.2. The third-order valence-electron chi connectivity index (χ3n) is 7.37. The zero-order chi connectivity index (χ0) is 25.2. The molecule has 0 saturated heterocycles. The van der Waals surface area contributed by atoms with Crippen molar-refractivity contribution in [1.82, 2.24) is 14.5 Å². The smallest absolute Gasteiger partial charge is 0.270 e. The minimum atomic E-state index is -0.331. The standard InChI is InChI=1S/C27H29ClN6O2/c1-33(26-20(15-29)27(35)34(2)22-12-13-23(28)31-25(22)26)19-10-8-18(9-11-19)24(21-5-3-4-14-30-21)32-36-16-17-6-7-17/h3-5,12-14,17-19H,6-11,16H2,1-2H3/b32-24-. The Bertz CT molecular complexity index is 1390. The highest BCUT2D eigenvalue weighted by atomic mass is 35.5. The van der Waals surface area contributed by atoms with Crippen molar-refractivity contribution >= 4 is 34.0 Å². The number of fused-ring (bicyclic) bond motifs is 1. The predicted molar refractivity (Wildman–Crippen MR) is 140 cm³/mol. The Morgan fingerprint density at radius 1 is 1.22 bits per heavy atom. The van der Waals surface area contributed by atoms with Gasteiger partial charge >= 0.3 is 0 Å². The summed E-state index contributed by atoms with van der Waals surface area (Å²) >= 11 is 6.22. The molecule has 0 amide bonds.